The summed E-state index contributed by atoms with van der Waals surface area (Å²) < 4.78 is 0. The number of fused-ring (bicyclic) bond motifs is 1. The zero-order valence-corrected chi connectivity index (χ0v) is 17.0. The molecule has 7 heteroatoms. The molecule has 1 aliphatic heterocycles. The topological polar surface area (TPSA) is 53.5 Å². The lowest BCUT2D eigenvalue weighted by Gasteiger charge is -2.25. The number of amides is 2. The van der Waals surface area contributed by atoms with Crippen LogP contribution in [0.3, 0.4) is 0 Å². The fourth-order valence-corrected chi connectivity index (χ4v) is 4.90. The minimum Gasteiger partial charge on any atom is -0.334 e. The molecule has 0 saturated heterocycles. The lowest BCUT2D eigenvalue weighted by atomic mass is 10.1. The molecule has 0 spiro atoms. The molecule has 0 saturated carbocycles. The van der Waals surface area contributed by atoms with Crippen molar-refractivity contribution in [3.63, 3.8) is 0 Å². The average molecular weight is 410 g/mol. The van der Waals surface area contributed by atoms with E-state index >= 15 is 0 Å². The van der Waals surface area contributed by atoms with E-state index in [1.807, 2.05) is 40.6 Å². The van der Waals surface area contributed by atoms with Crippen molar-refractivity contribution < 1.29 is 9.59 Å². The number of anilines is 2. The quantitative estimate of drug-likeness (QED) is 0.597. The van der Waals surface area contributed by atoms with Gasteiger partial charge in [-0.15, -0.1) is 22.7 Å². The zero-order chi connectivity index (χ0) is 19.5. The number of para-hydroxylation sites is 1. The Kier molecular flexibility index (Phi) is 5.36. The van der Waals surface area contributed by atoms with E-state index in [1.54, 1.807) is 28.4 Å². The Hall–Kier alpha value is -2.77. The third kappa shape index (κ3) is 3.90. The SMILES string of the molecule is CC(=O)N(c1ccccc1)c1nc(/C=C/C(=O)N2CCc3sccc3C2)cs1. The minimum absolute atomic E-state index is 0.0158. The first-order valence-corrected chi connectivity index (χ1v) is 10.7. The Bertz CT molecular complexity index is 1020. The molecule has 1 aliphatic rings. The molecular weight excluding hydrogens is 390 g/mol. The van der Waals surface area contributed by atoms with Gasteiger partial charge in [0.2, 0.25) is 11.8 Å². The van der Waals surface area contributed by atoms with Gasteiger partial charge in [0.05, 0.1) is 11.4 Å². The molecule has 0 unspecified atom stereocenters. The number of nitrogens with zero attached hydrogens (tertiary/aromatic N) is 3. The average Bonchev–Trinajstić information content (AvgIpc) is 3.35. The molecule has 28 heavy (non-hydrogen) atoms. The highest BCUT2D eigenvalue weighted by Crippen LogP contribution is 2.29. The predicted octanol–water partition coefficient (Wildman–Crippen LogP) is 4.49. The molecule has 4 rings (SSSR count). The lowest BCUT2D eigenvalue weighted by Crippen LogP contribution is -2.34. The fourth-order valence-electron chi connectivity index (χ4n) is 3.16. The molecule has 142 valence electrons. The first-order chi connectivity index (χ1) is 13.6. The van der Waals surface area contributed by atoms with Gasteiger partial charge in [0, 0.05) is 36.3 Å². The number of hydrogen-bond donors (Lipinski definition) is 0. The van der Waals surface area contributed by atoms with Gasteiger partial charge >= 0.3 is 0 Å². The van der Waals surface area contributed by atoms with Crippen LogP contribution in [0.5, 0.6) is 0 Å². The highest BCUT2D eigenvalue weighted by atomic mass is 32.1. The smallest absolute Gasteiger partial charge is 0.246 e. The molecule has 0 bridgehead atoms. The zero-order valence-electron chi connectivity index (χ0n) is 15.4. The van der Waals surface area contributed by atoms with Crippen molar-refractivity contribution in [2.45, 2.75) is 19.9 Å². The summed E-state index contributed by atoms with van der Waals surface area (Å²) in [5.74, 6) is -0.120. The van der Waals surface area contributed by atoms with Gasteiger partial charge in [-0.3, -0.25) is 14.5 Å². The molecule has 3 heterocycles. The number of thiazole rings is 1. The maximum absolute atomic E-state index is 12.5. The van der Waals surface area contributed by atoms with Crippen LogP contribution in [-0.2, 0) is 22.6 Å². The second kappa shape index (κ2) is 8.08. The summed E-state index contributed by atoms with van der Waals surface area (Å²) in [7, 11) is 0. The van der Waals surface area contributed by atoms with Crippen molar-refractivity contribution >= 4 is 51.4 Å². The normalized spacial score (nSPS) is 13.5. The second-order valence-electron chi connectivity index (χ2n) is 6.46. The third-order valence-corrected chi connectivity index (χ3v) is 6.41. The van der Waals surface area contributed by atoms with Crippen LogP contribution in [-0.4, -0.2) is 28.2 Å². The van der Waals surface area contributed by atoms with Gasteiger partial charge in [-0.1, -0.05) is 18.2 Å². The molecule has 0 N–H and O–H groups in total. The van der Waals surface area contributed by atoms with Crippen LogP contribution >= 0.6 is 22.7 Å². The summed E-state index contributed by atoms with van der Waals surface area (Å²) in [6.45, 7) is 2.92. The van der Waals surface area contributed by atoms with E-state index in [9.17, 15) is 9.59 Å². The largest absolute Gasteiger partial charge is 0.334 e. The van der Waals surface area contributed by atoms with Crippen molar-refractivity contribution in [1.29, 1.82) is 0 Å². The van der Waals surface area contributed by atoms with Gasteiger partial charge in [0.1, 0.15) is 0 Å². The van der Waals surface area contributed by atoms with Crippen molar-refractivity contribution in [2.24, 2.45) is 0 Å². The van der Waals surface area contributed by atoms with E-state index in [-0.39, 0.29) is 11.8 Å². The molecule has 2 aromatic heterocycles. The Labute approximate surface area is 171 Å². The van der Waals surface area contributed by atoms with Crippen LogP contribution in [0.15, 0.2) is 53.2 Å². The van der Waals surface area contributed by atoms with Crippen molar-refractivity contribution in [1.82, 2.24) is 9.88 Å². The number of carbonyl (C=O) groups is 2. The van der Waals surface area contributed by atoms with E-state index in [2.05, 4.69) is 16.4 Å². The van der Waals surface area contributed by atoms with Gasteiger partial charge in [-0.25, -0.2) is 4.98 Å². The first-order valence-electron chi connectivity index (χ1n) is 8.95. The van der Waals surface area contributed by atoms with Gasteiger partial charge in [0.25, 0.3) is 0 Å². The molecule has 0 radical (unpaired) electrons. The molecule has 0 fully saturated rings. The number of rotatable bonds is 4. The fraction of sp³-hybridized carbons (Fsp3) is 0.190. The monoisotopic (exact) mass is 409 g/mol. The van der Waals surface area contributed by atoms with Crippen LogP contribution in [0.4, 0.5) is 10.8 Å². The standard InChI is InChI=1S/C21H19N3O2S2/c1-15(25)24(18-5-3-2-4-6-18)21-22-17(14-28-21)7-8-20(26)23-11-9-19-16(13-23)10-12-27-19/h2-8,10,12,14H,9,11,13H2,1H3/b8-7+. The number of hydrogen-bond acceptors (Lipinski definition) is 5. The first kappa shape index (κ1) is 18.6. The summed E-state index contributed by atoms with van der Waals surface area (Å²) in [6, 6.07) is 11.5. The molecule has 1 aromatic carbocycles. The molecule has 3 aromatic rings. The van der Waals surface area contributed by atoms with Crippen LogP contribution in [0.1, 0.15) is 23.1 Å². The highest BCUT2D eigenvalue weighted by molar-refractivity contribution is 7.14. The third-order valence-electron chi connectivity index (χ3n) is 4.55. The molecule has 2 amide bonds. The molecule has 0 aliphatic carbocycles. The summed E-state index contributed by atoms with van der Waals surface area (Å²) >= 11 is 3.14. The number of thiophene rings is 1. The van der Waals surface area contributed by atoms with Crippen molar-refractivity contribution in [2.75, 3.05) is 11.4 Å². The van der Waals surface area contributed by atoms with E-state index < -0.39 is 0 Å². The van der Waals surface area contributed by atoms with Gasteiger partial charge in [0.15, 0.2) is 5.13 Å². The summed E-state index contributed by atoms with van der Waals surface area (Å²) in [5, 5.41) is 4.52. The molecule has 0 atom stereocenters. The number of benzene rings is 1. The Morgan fingerprint density at radius 3 is 2.79 bits per heavy atom. The van der Waals surface area contributed by atoms with Crippen LogP contribution in [0.2, 0.25) is 0 Å². The Morgan fingerprint density at radius 2 is 2.00 bits per heavy atom. The van der Waals surface area contributed by atoms with Crippen LogP contribution in [0.25, 0.3) is 6.08 Å². The number of aromatic nitrogens is 1. The number of carbonyl (C=O) groups excluding carboxylic acids is 2. The Balaban J connectivity index is 1.47. The summed E-state index contributed by atoms with van der Waals surface area (Å²) in [4.78, 5) is 34.0. The summed E-state index contributed by atoms with van der Waals surface area (Å²) in [6.07, 6.45) is 4.20. The van der Waals surface area contributed by atoms with Crippen LogP contribution < -0.4 is 4.90 Å². The van der Waals surface area contributed by atoms with E-state index in [4.69, 9.17) is 0 Å². The molecule has 5 nitrogen and oxygen atoms in total. The predicted molar refractivity (Wildman–Crippen MR) is 114 cm³/mol. The Morgan fingerprint density at radius 1 is 1.18 bits per heavy atom. The molecular formula is C21H19N3O2S2. The van der Waals surface area contributed by atoms with Crippen molar-refractivity contribution in [3.8, 4) is 0 Å². The van der Waals surface area contributed by atoms with E-state index in [1.165, 1.54) is 28.7 Å². The minimum atomic E-state index is -0.105. The highest BCUT2D eigenvalue weighted by Gasteiger charge is 2.20. The van der Waals surface area contributed by atoms with Gasteiger partial charge in [-0.2, -0.15) is 0 Å². The van der Waals surface area contributed by atoms with E-state index in [0.717, 1.165) is 18.7 Å². The van der Waals surface area contributed by atoms with E-state index in [0.29, 0.717) is 17.4 Å². The van der Waals surface area contributed by atoms with Crippen molar-refractivity contribution in [3.05, 3.63) is 69.4 Å². The van der Waals surface area contributed by atoms with Gasteiger partial charge < -0.3 is 4.90 Å². The second-order valence-corrected chi connectivity index (χ2v) is 8.29. The van der Waals surface area contributed by atoms with Gasteiger partial charge in [-0.05, 0) is 41.6 Å². The maximum atomic E-state index is 12.5. The summed E-state index contributed by atoms with van der Waals surface area (Å²) in [5.41, 5.74) is 2.69. The van der Waals surface area contributed by atoms with Crippen LogP contribution in [0, 0.1) is 0 Å². The maximum Gasteiger partial charge on any atom is 0.246 e. The lowest BCUT2D eigenvalue weighted by molar-refractivity contribution is -0.126.